The van der Waals surface area contributed by atoms with Gasteiger partial charge in [-0.3, -0.25) is 4.79 Å². The van der Waals surface area contributed by atoms with Gasteiger partial charge in [0.25, 0.3) is 0 Å². The zero-order chi connectivity index (χ0) is 12.3. The summed E-state index contributed by atoms with van der Waals surface area (Å²) in [4.78, 5) is 22.5. The minimum Gasteiger partial charge on any atom is -0.477 e. The van der Waals surface area contributed by atoms with E-state index < -0.39 is 5.97 Å². The van der Waals surface area contributed by atoms with Crippen molar-refractivity contribution in [2.75, 3.05) is 0 Å². The molecule has 0 radical (unpaired) electrons. The molecule has 1 heterocycles. The first-order chi connectivity index (χ1) is 8.16. The molecule has 1 amide bonds. The van der Waals surface area contributed by atoms with E-state index in [1.54, 1.807) is 0 Å². The minimum atomic E-state index is -1.07. The maximum Gasteiger partial charge on any atom is 0.354 e. The summed E-state index contributed by atoms with van der Waals surface area (Å²) in [6.45, 7) is -0.0366. The Morgan fingerprint density at radius 1 is 1.47 bits per heavy atom. The van der Waals surface area contributed by atoms with Crippen LogP contribution in [0.3, 0.4) is 0 Å². The third-order valence-electron chi connectivity index (χ3n) is 2.95. The fourth-order valence-corrected chi connectivity index (χ4v) is 2.12. The van der Waals surface area contributed by atoms with Gasteiger partial charge in [-0.15, -0.1) is 0 Å². The summed E-state index contributed by atoms with van der Waals surface area (Å²) < 4.78 is 1.20. The Kier molecular flexibility index (Phi) is 3.41. The predicted octanol–water partition coefficient (Wildman–Crippen LogP) is 0.640. The van der Waals surface area contributed by atoms with Gasteiger partial charge in [0.1, 0.15) is 12.2 Å². The topological polar surface area (TPSA) is 84.2 Å². The molecule has 1 fully saturated rings. The third kappa shape index (κ3) is 2.83. The second kappa shape index (κ2) is 4.99. The van der Waals surface area contributed by atoms with Crippen molar-refractivity contribution < 1.29 is 14.7 Å². The number of aromatic carboxylic acids is 1. The van der Waals surface area contributed by atoms with E-state index in [2.05, 4.69) is 10.4 Å². The monoisotopic (exact) mass is 237 g/mol. The molecule has 17 heavy (non-hydrogen) atoms. The van der Waals surface area contributed by atoms with Crippen molar-refractivity contribution in [3.05, 3.63) is 18.0 Å². The van der Waals surface area contributed by atoms with Gasteiger partial charge in [-0.1, -0.05) is 12.8 Å². The first-order valence-electron chi connectivity index (χ1n) is 5.71. The highest BCUT2D eigenvalue weighted by molar-refractivity contribution is 5.86. The molecule has 0 aliphatic heterocycles. The van der Waals surface area contributed by atoms with Gasteiger partial charge in [0, 0.05) is 12.2 Å². The Balaban J connectivity index is 1.93. The molecule has 2 N–H and O–H groups in total. The molecule has 6 nitrogen and oxygen atoms in total. The first-order valence-corrected chi connectivity index (χ1v) is 5.71. The number of nitrogens with one attached hydrogen (secondary N) is 1. The summed E-state index contributed by atoms with van der Waals surface area (Å²) in [6, 6.07) is 1.62. The predicted molar refractivity (Wildman–Crippen MR) is 59.6 cm³/mol. The van der Waals surface area contributed by atoms with Crippen molar-refractivity contribution in [2.24, 2.45) is 0 Å². The highest BCUT2D eigenvalue weighted by atomic mass is 16.4. The highest BCUT2D eigenvalue weighted by Gasteiger charge is 2.18. The number of carboxylic acids is 1. The van der Waals surface area contributed by atoms with Gasteiger partial charge in [0.15, 0.2) is 0 Å². The Morgan fingerprint density at radius 2 is 2.18 bits per heavy atom. The van der Waals surface area contributed by atoms with Crippen LogP contribution in [0.25, 0.3) is 0 Å². The SMILES string of the molecule is O=C(Cn1nccc1C(=O)O)NC1CCCC1. The molecular formula is C11H15N3O3. The lowest BCUT2D eigenvalue weighted by atomic mass is 10.2. The zero-order valence-electron chi connectivity index (χ0n) is 9.43. The molecule has 1 aromatic rings. The molecule has 0 atom stereocenters. The second-order valence-electron chi connectivity index (χ2n) is 4.23. The summed E-state index contributed by atoms with van der Waals surface area (Å²) in [6.07, 6.45) is 5.69. The first kappa shape index (κ1) is 11.6. The molecular weight excluding hydrogens is 222 g/mol. The van der Waals surface area contributed by atoms with Crippen LogP contribution < -0.4 is 5.32 Å². The second-order valence-corrected chi connectivity index (χ2v) is 4.23. The van der Waals surface area contributed by atoms with Crippen molar-refractivity contribution in [3.8, 4) is 0 Å². The molecule has 1 aliphatic carbocycles. The van der Waals surface area contributed by atoms with E-state index in [1.165, 1.54) is 16.9 Å². The van der Waals surface area contributed by atoms with Crippen molar-refractivity contribution >= 4 is 11.9 Å². The van der Waals surface area contributed by atoms with Gasteiger partial charge in [-0.2, -0.15) is 5.10 Å². The Bertz CT molecular complexity index is 421. The van der Waals surface area contributed by atoms with Gasteiger partial charge in [-0.25, -0.2) is 9.48 Å². The van der Waals surface area contributed by atoms with Crippen molar-refractivity contribution in [1.29, 1.82) is 0 Å². The van der Waals surface area contributed by atoms with E-state index in [1.807, 2.05) is 0 Å². The van der Waals surface area contributed by atoms with Gasteiger partial charge in [0.2, 0.25) is 5.91 Å². The average molecular weight is 237 g/mol. The lowest BCUT2D eigenvalue weighted by Crippen LogP contribution is -2.35. The molecule has 92 valence electrons. The van der Waals surface area contributed by atoms with Crippen LogP contribution in [0.4, 0.5) is 0 Å². The Labute approximate surface area is 98.6 Å². The van der Waals surface area contributed by atoms with E-state index in [-0.39, 0.29) is 24.2 Å². The largest absolute Gasteiger partial charge is 0.477 e. The normalized spacial score (nSPS) is 16.0. The van der Waals surface area contributed by atoms with Crippen LogP contribution in [-0.2, 0) is 11.3 Å². The van der Waals surface area contributed by atoms with Crippen LogP contribution in [-0.4, -0.2) is 32.8 Å². The van der Waals surface area contributed by atoms with Crippen molar-refractivity contribution in [3.63, 3.8) is 0 Å². The van der Waals surface area contributed by atoms with Crippen LogP contribution >= 0.6 is 0 Å². The maximum absolute atomic E-state index is 11.7. The number of nitrogens with zero attached hydrogens (tertiary/aromatic N) is 2. The molecule has 0 spiro atoms. The summed E-state index contributed by atoms with van der Waals surface area (Å²) >= 11 is 0. The summed E-state index contributed by atoms with van der Waals surface area (Å²) in [5.41, 5.74) is 0.0339. The lowest BCUT2D eigenvalue weighted by molar-refractivity contribution is -0.122. The van der Waals surface area contributed by atoms with E-state index in [0.29, 0.717) is 0 Å². The number of carbonyl (C=O) groups is 2. The van der Waals surface area contributed by atoms with Crippen LogP contribution in [0.1, 0.15) is 36.2 Å². The molecule has 1 saturated carbocycles. The number of carbonyl (C=O) groups excluding carboxylic acids is 1. The summed E-state index contributed by atoms with van der Waals surface area (Å²) in [5, 5.41) is 15.6. The lowest BCUT2D eigenvalue weighted by Gasteiger charge is -2.12. The zero-order valence-corrected chi connectivity index (χ0v) is 9.43. The highest BCUT2D eigenvalue weighted by Crippen LogP contribution is 2.17. The Morgan fingerprint density at radius 3 is 2.82 bits per heavy atom. The Hall–Kier alpha value is -1.85. The van der Waals surface area contributed by atoms with Gasteiger partial charge < -0.3 is 10.4 Å². The van der Waals surface area contributed by atoms with Crippen LogP contribution in [0.2, 0.25) is 0 Å². The number of carboxylic acid groups (broad SMARTS) is 1. The molecule has 1 aromatic heterocycles. The smallest absolute Gasteiger partial charge is 0.354 e. The quantitative estimate of drug-likeness (QED) is 0.804. The van der Waals surface area contributed by atoms with Gasteiger partial charge in [0.05, 0.1) is 0 Å². The average Bonchev–Trinajstić information content (AvgIpc) is 2.88. The van der Waals surface area contributed by atoms with Crippen molar-refractivity contribution in [2.45, 2.75) is 38.3 Å². The number of aromatic nitrogens is 2. The molecule has 1 aliphatic rings. The van der Waals surface area contributed by atoms with Crippen LogP contribution in [0.15, 0.2) is 12.3 Å². The molecule has 2 rings (SSSR count). The van der Waals surface area contributed by atoms with E-state index in [4.69, 9.17) is 5.11 Å². The van der Waals surface area contributed by atoms with Crippen molar-refractivity contribution in [1.82, 2.24) is 15.1 Å². The number of hydrogen-bond acceptors (Lipinski definition) is 3. The number of rotatable bonds is 4. The van der Waals surface area contributed by atoms with Gasteiger partial charge >= 0.3 is 5.97 Å². The molecule has 6 heteroatoms. The van der Waals surface area contributed by atoms with E-state index >= 15 is 0 Å². The molecule has 0 bridgehead atoms. The maximum atomic E-state index is 11.7. The van der Waals surface area contributed by atoms with E-state index in [0.717, 1.165) is 25.7 Å². The third-order valence-corrected chi connectivity index (χ3v) is 2.95. The fraction of sp³-hybridized carbons (Fsp3) is 0.545. The van der Waals surface area contributed by atoms with Crippen LogP contribution in [0, 0.1) is 0 Å². The molecule has 0 saturated heterocycles. The molecule has 0 unspecified atom stereocenters. The summed E-state index contributed by atoms with van der Waals surface area (Å²) in [7, 11) is 0. The number of hydrogen-bond donors (Lipinski definition) is 2. The molecule has 0 aromatic carbocycles. The summed E-state index contributed by atoms with van der Waals surface area (Å²) in [5.74, 6) is -1.25. The number of amides is 1. The standard InChI is InChI=1S/C11H15N3O3/c15-10(13-8-3-1-2-4-8)7-14-9(11(16)17)5-6-12-14/h5-6,8H,1-4,7H2,(H,13,15)(H,16,17). The van der Waals surface area contributed by atoms with E-state index in [9.17, 15) is 9.59 Å². The van der Waals surface area contributed by atoms with Gasteiger partial charge in [-0.05, 0) is 18.9 Å². The van der Waals surface area contributed by atoms with Crippen LogP contribution in [0.5, 0.6) is 0 Å². The fourth-order valence-electron chi connectivity index (χ4n) is 2.12. The minimum absolute atomic E-state index is 0.0339.